The zero-order chi connectivity index (χ0) is 14.5. The van der Waals surface area contributed by atoms with Crippen LogP contribution in [-0.4, -0.2) is 14.8 Å². The molecule has 0 amide bonds. The summed E-state index contributed by atoms with van der Waals surface area (Å²) in [5.74, 6) is 0. The molecular formula is C18H19N3. The van der Waals surface area contributed by atoms with Gasteiger partial charge < -0.3 is 4.57 Å². The van der Waals surface area contributed by atoms with Crippen molar-refractivity contribution < 1.29 is 0 Å². The number of rotatable bonds is 5. The van der Waals surface area contributed by atoms with Crippen molar-refractivity contribution in [3.8, 4) is 0 Å². The molecule has 1 aromatic heterocycles. The molecule has 0 saturated carbocycles. The Bertz CT molecular complexity index is 621. The molecule has 0 radical (unpaired) electrons. The van der Waals surface area contributed by atoms with Gasteiger partial charge in [0.2, 0.25) is 0 Å². The van der Waals surface area contributed by atoms with E-state index in [1.54, 1.807) is 0 Å². The third kappa shape index (κ3) is 2.35. The summed E-state index contributed by atoms with van der Waals surface area (Å²) in [6.07, 6.45) is 5.70. The summed E-state index contributed by atoms with van der Waals surface area (Å²) in [7, 11) is 0. The van der Waals surface area contributed by atoms with E-state index in [0.717, 1.165) is 12.8 Å². The molecule has 1 heterocycles. The van der Waals surface area contributed by atoms with Gasteiger partial charge in [0.1, 0.15) is 12.7 Å². The Morgan fingerprint density at radius 3 is 1.71 bits per heavy atom. The molecule has 0 bridgehead atoms. The van der Waals surface area contributed by atoms with Crippen molar-refractivity contribution in [3.05, 3.63) is 84.4 Å². The van der Waals surface area contributed by atoms with Crippen LogP contribution in [-0.2, 0) is 5.54 Å². The molecule has 21 heavy (non-hydrogen) atoms. The number of hydrogen-bond donors (Lipinski definition) is 0. The molecule has 3 rings (SSSR count). The molecule has 0 fully saturated rings. The summed E-state index contributed by atoms with van der Waals surface area (Å²) in [6, 6.07) is 21.2. The van der Waals surface area contributed by atoms with Crippen molar-refractivity contribution in [3.63, 3.8) is 0 Å². The van der Waals surface area contributed by atoms with E-state index < -0.39 is 0 Å². The van der Waals surface area contributed by atoms with E-state index in [4.69, 9.17) is 0 Å². The molecule has 2 aromatic carbocycles. The lowest BCUT2D eigenvalue weighted by Crippen LogP contribution is -2.35. The van der Waals surface area contributed by atoms with E-state index in [9.17, 15) is 0 Å². The molecule has 0 aliphatic heterocycles. The lowest BCUT2D eigenvalue weighted by molar-refractivity contribution is 0.392. The minimum Gasteiger partial charge on any atom is -0.306 e. The predicted octanol–water partition coefficient (Wildman–Crippen LogP) is 3.87. The monoisotopic (exact) mass is 277 g/mol. The van der Waals surface area contributed by atoms with Crippen molar-refractivity contribution >= 4 is 0 Å². The van der Waals surface area contributed by atoms with Crippen molar-refractivity contribution in [1.82, 2.24) is 14.8 Å². The molecule has 0 N–H and O–H groups in total. The molecule has 0 spiro atoms. The van der Waals surface area contributed by atoms with Crippen LogP contribution in [0, 0.1) is 0 Å². The van der Waals surface area contributed by atoms with Gasteiger partial charge in [0.05, 0.1) is 5.54 Å². The number of hydrogen-bond acceptors (Lipinski definition) is 2. The molecule has 3 nitrogen and oxygen atoms in total. The van der Waals surface area contributed by atoms with Crippen LogP contribution in [0.2, 0.25) is 0 Å². The van der Waals surface area contributed by atoms with E-state index >= 15 is 0 Å². The van der Waals surface area contributed by atoms with Crippen LogP contribution in [0.5, 0.6) is 0 Å². The highest BCUT2D eigenvalue weighted by atomic mass is 15.3. The Balaban J connectivity index is 2.27. The fourth-order valence-electron chi connectivity index (χ4n) is 3.07. The van der Waals surface area contributed by atoms with Gasteiger partial charge in [0, 0.05) is 0 Å². The first-order valence-electron chi connectivity index (χ1n) is 7.34. The second-order valence-electron chi connectivity index (χ2n) is 5.21. The summed E-state index contributed by atoms with van der Waals surface area (Å²) in [4.78, 5) is 0. The summed E-state index contributed by atoms with van der Waals surface area (Å²) >= 11 is 0. The Kier molecular flexibility index (Phi) is 3.82. The van der Waals surface area contributed by atoms with E-state index in [-0.39, 0.29) is 5.54 Å². The van der Waals surface area contributed by atoms with Gasteiger partial charge in [0.15, 0.2) is 0 Å². The van der Waals surface area contributed by atoms with Crippen LogP contribution >= 0.6 is 0 Å². The molecule has 0 aliphatic carbocycles. The average molecular weight is 277 g/mol. The second-order valence-corrected chi connectivity index (χ2v) is 5.21. The normalized spacial score (nSPS) is 11.5. The zero-order valence-electron chi connectivity index (χ0n) is 12.2. The smallest absolute Gasteiger partial charge is 0.120 e. The van der Waals surface area contributed by atoms with Gasteiger partial charge in [-0.2, -0.15) is 0 Å². The van der Waals surface area contributed by atoms with Crippen molar-refractivity contribution in [2.24, 2.45) is 0 Å². The first-order chi connectivity index (χ1) is 10.4. The average Bonchev–Trinajstić information content (AvgIpc) is 3.09. The van der Waals surface area contributed by atoms with Gasteiger partial charge in [-0.3, -0.25) is 0 Å². The molecule has 0 atom stereocenters. The van der Waals surface area contributed by atoms with Crippen molar-refractivity contribution in [2.45, 2.75) is 25.3 Å². The summed E-state index contributed by atoms with van der Waals surface area (Å²) in [5, 5.41) is 8.07. The fraction of sp³-hybridized carbons (Fsp3) is 0.222. The van der Waals surface area contributed by atoms with E-state index in [1.807, 2.05) is 12.7 Å². The molecule has 3 aromatic rings. The molecule has 106 valence electrons. The predicted molar refractivity (Wildman–Crippen MR) is 84.0 cm³/mol. The van der Waals surface area contributed by atoms with Gasteiger partial charge >= 0.3 is 0 Å². The summed E-state index contributed by atoms with van der Waals surface area (Å²) in [5.41, 5.74) is 2.27. The third-order valence-corrected chi connectivity index (χ3v) is 3.97. The highest BCUT2D eigenvalue weighted by molar-refractivity contribution is 5.39. The fourth-order valence-corrected chi connectivity index (χ4v) is 3.07. The van der Waals surface area contributed by atoms with E-state index in [1.165, 1.54) is 11.1 Å². The van der Waals surface area contributed by atoms with E-state index in [0.29, 0.717) is 0 Å². The molecular weight excluding hydrogens is 258 g/mol. The van der Waals surface area contributed by atoms with Crippen molar-refractivity contribution in [1.29, 1.82) is 0 Å². The maximum absolute atomic E-state index is 4.03. The van der Waals surface area contributed by atoms with Gasteiger partial charge in [-0.05, 0) is 17.5 Å². The van der Waals surface area contributed by atoms with Gasteiger partial charge in [-0.1, -0.05) is 74.0 Å². The highest BCUT2D eigenvalue weighted by Gasteiger charge is 2.35. The van der Waals surface area contributed by atoms with Crippen LogP contribution in [0.1, 0.15) is 30.9 Å². The number of benzene rings is 2. The Labute approximate surface area is 125 Å². The lowest BCUT2D eigenvalue weighted by atomic mass is 9.79. The zero-order valence-corrected chi connectivity index (χ0v) is 12.2. The molecule has 0 unspecified atom stereocenters. The standard InChI is InChI=1S/C18H19N3/c1-2-13-18(21-14-19-20-15-21,16-9-5-3-6-10-16)17-11-7-4-8-12-17/h3-12,14-15H,2,13H2,1H3. The largest absolute Gasteiger partial charge is 0.306 e. The number of aromatic nitrogens is 3. The van der Waals surface area contributed by atoms with Gasteiger partial charge in [0.25, 0.3) is 0 Å². The Morgan fingerprint density at radius 2 is 1.29 bits per heavy atom. The Hall–Kier alpha value is -2.42. The summed E-state index contributed by atoms with van der Waals surface area (Å²) < 4.78 is 2.13. The minimum atomic E-state index is -0.249. The topological polar surface area (TPSA) is 30.7 Å². The highest BCUT2D eigenvalue weighted by Crippen LogP contribution is 2.37. The first kappa shape index (κ1) is 13.6. The maximum Gasteiger partial charge on any atom is 0.120 e. The van der Waals surface area contributed by atoms with Crippen LogP contribution in [0.4, 0.5) is 0 Å². The van der Waals surface area contributed by atoms with Crippen LogP contribution < -0.4 is 0 Å². The van der Waals surface area contributed by atoms with Crippen LogP contribution in [0.25, 0.3) is 0 Å². The van der Waals surface area contributed by atoms with E-state index in [2.05, 4.69) is 82.4 Å². The summed E-state index contributed by atoms with van der Waals surface area (Å²) in [6.45, 7) is 2.21. The Morgan fingerprint density at radius 1 is 0.810 bits per heavy atom. The molecule has 0 aliphatic rings. The molecule has 0 saturated heterocycles. The maximum atomic E-state index is 4.03. The van der Waals surface area contributed by atoms with Gasteiger partial charge in [-0.25, -0.2) is 0 Å². The lowest BCUT2D eigenvalue weighted by Gasteiger charge is -2.36. The molecule has 3 heteroatoms. The first-order valence-corrected chi connectivity index (χ1v) is 7.34. The quantitative estimate of drug-likeness (QED) is 0.708. The third-order valence-electron chi connectivity index (χ3n) is 3.97. The van der Waals surface area contributed by atoms with Crippen LogP contribution in [0.15, 0.2) is 73.3 Å². The number of nitrogens with zero attached hydrogens (tertiary/aromatic N) is 3. The van der Waals surface area contributed by atoms with Crippen LogP contribution in [0.3, 0.4) is 0 Å². The van der Waals surface area contributed by atoms with Crippen molar-refractivity contribution in [2.75, 3.05) is 0 Å². The minimum absolute atomic E-state index is 0.249. The van der Waals surface area contributed by atoms with Gasteiger partial charge in [-0.15, -0.1) is 10.2 Å². The SMILES string of the molecule is CCCC(c1ccccc1)(c1ccccc1)n1cnnc1. The second kappa shape index (κ2) is 5.92.